The SMILES string of the molecule is COC(=O)c1ccc(CSc2ccc(F)cc2F)cc1F. The summed E-state index contributed by atoms with van der Waals surface area (Å²) < 4.78 is 44.4. The molecule has 0 radical (unpaired) electrons. The van der Waals surface area contributed by atoms with Gasteiger partial charge in [-0.2, -0.15) is 0 Å². The average Bonchev–Trinajstić information content (AvgIpc) is 2.45. The molecule has 2 rings (SSSR count). The Hall–Kier alpha value is -1.95. The summed E-state index contributed by atoms with van der Waals surface area (Å²) in [6.07, 6.45) is 0. The first-order chi connectivity index (χ1) is 10.0. The van der Waals surface area contributed by atoms with E-state index in [2.05, 4.69) is 4.74 Å². The molecule has 0 spiro atoms. The molecule has 110 valence electrons. The van der Waals surface area contributed by atoms with Gasteiger partial charge in [-0.1, -0.05) is 6.07 Å². The van der Waals surface area contributed by atoms with E-state index in [1.165, 1.54) is 25.3 Å². The van der Waals surface area contributed by atoms with Crippen molar-refractivity contribution < 1.29 is 22.7 Å². The average molecular weight is 312 g/mol. The van der Waals surface area contributed by atoms with Crippen molar-refractivity contribution in [2.24, 2.45) is 0 Å². The predicted octanol–water partition coefficient (Wildman–Crippen LogP) is 4.18. The molecule has 0 aliphatic heterocycles. The van der Waals surface area contributed by atoms with E-state index in [9.17, 15) is 18.0 Å². The van der Waals surface area contributed by atoms with Crippen molar-refractivity contribution in [2.75, 3.05) is 7.11 Å². The lowest BCUT2D eigenvalue weighted by atomic mass is 10.1. The van der Waals surface area contributed by atoms with Crippen LogP contribution in [0.4, 0.5) is 13.2 Å². The van der Waals surface area contributed by atoms with Gasteiger partial charge in [0, 0.05) is 16.7 Å². The van der Waals surface area contributed by atoms with Gasteiger partial charge in [0.1, 0.15) is 17.5 Å². The number of carbonyl (C=O) groups is 1. The largest absolute Gasteiger partial charge is 0.465 e. The smallest absolute Gasteiger partial charge is 0.340 e. The third-order valence-electron chi connectivity index (χ3n) is 2.73. The molecule has 0 amide bonds. The van der Waals surface area contributed by atoms with Gasteiger partial charge < -0.3 is 4.74 Å². The van der Waals surface area contributed by atoms with Crippen LogP contribution in [0.2, 0.25) is 0 Å². The van der Waals surface area contributed by atoms with Crippen molar-refractivity contribution in [3.63, 3.8) is 0 Å². The van der Waals surface area contributed by atoms with Crippen molar-refractivity contribution >= 4 is 17.7 Å². The Morgan fingerprint density at radius 1 is 1.10 bits per heavy atom. The Morgan fingerprint density at radius 2 is 1.86 bits per heavy atom. The number of ether oxygens (including phenoxy) is 1. The van der Waals surface area contributed by atoms with Gasteiger partial charge in [-0.15, -0.1) is 11.8 Å². The molecule has 0 heterocycles. The summed E-state index contributed by atoms with van der Waals surface area (Å²) >= 11 is 1.11. The zero-order chi connectivity index (χ0) is 15.4. The fraction of sp³-hybridized carbons (Fsp3) is 0.133. The fourth-order valence-corrected chi connectivity index (χ4v) is 2.54. The Bertz CT molecular complexity index is 674. The summed E-state index contributed by atoms with van der Waals surface area (Å²) in [5.74, 6) is -2.46. The number of hydrogen-bond acceptors (Lipinski definition) is 3. The van der Waals surface area contributed by atoms with E-state index >= 15 is 0 Å². The van der Waals surface area contributed by atoms with Gasteiger partial charge in [-0.25, -0.2) is 18.0 Å². The van der Waals surface area contributed by atoms with Crippen LogP contribution in [0.5, 0.6) is 0 Å². The van der Waals surface area contributed by atoms with Crippen molar-refractivity contribution in [1.29, 1.82) is 0 Å². The first kappa shape index (κ1) is 15.4. The molecule has 6 heteroatoms. The number of esters is 1. The molecule has 0 saturated heterocycles. The minimum Gasteiger partial charge on any atom is -0.465 e. The van der Waals surface area contributed by atoms with Crippen LogP contribution in [-0.4, -0.2) is 13.1 Å². The van der Waals surface area contributed by atoms with Crippen LogP contribution in [0.25, 0.3) is 0 Å². The Labute approximate surface area is 123 Å². The molecule has 21 heavy (non-hydrogen) atoms. The topological polar surface area (TPSA) is 26.3 Å². The van der Waals surface area contributed by atoms with E-state index in [-0.39, 0.29) is 10.5 Å². The van der Waals surface area contributed by atoms with E-state index in [1.54, 1.807) is 6.07 Å². The van der Waals surface area contributed by atoms with Crippen LogP contribution >= 0.6 is 11.8 Å². The van der Waals surface area contributed by atoms with Gasteiger partial charge in [0.25, 0.3) is 0 Å². The molecule has 0 N–H and O–H groups in total. The minimum absolute atomic E-state index is 0.154. The molecule has 0 aliphatic rings. The van der Waals surface area contributed by atoms with Crippen molar-refractivity contribution in [3.8, 4) is 0 Å². The van der Waals surface area contributed by atoms with Gasteiger partial charge >= 0.3 is 5.97 Å². The molecule has 0 aromatic heterocycles. The zero-order valence-corrected chi connectivity index (χ0v) is 11.8. The molecule has 2 aromatic rings. The highest BCUT2D eigenvalue weighted by atomic mass is 32.2. The van der Waals surface area contributed by atoms with Crippen LogP contribution in [0.3, 0.4) is 0 Å². The van der Waals surface area contributed by atoms with Crippen LogP contribution in [0, 0.1) is 17.5 Å². The molecule has 0 saturated carbocycles. The summed E-state index contributed by atoms with van der Waals surface area (Å²) in [4.78, 5) is 11.5. The van der Waals surface area contributed by atoms with Gasteiger partial charge in [0.15, 0.2) is 0 Å². The third-order valence-corrected chi connectivity index (χ3v) is 3.85. The van der Waals surface area contributed by atoms with Crippen LogP contribution in [-0.2, 0) is 10.5 Å². The predicted molar refractivity (Wildman–Crippen MR) is 73.7 cm³/mol. The first-order valence-electron chi connectivity index (χ1n) is 5.96. The van der Waals surface area contributed by atoms with Gasteiger partial charge in [0.05, 0.1) is 12.7 Å². The molecule has 0 aliphatic carbocycles. The maximum Gasteiger partial charge on any atom is 0.340 e. The number of carbonyl (C=O) groups excluding carboxylic acids is 1. The molecule has 0 atom stereocenters. The highest BCUT2D eigenvalue weighted by Crippen LogP contribution is 2.26. The van der Waals surface area contributed by atoms with Crippen molar-refractivity contribution in [1.82, 2.24) is 0 Å². The first-order valence-corrected chi connectivity index (χ1v) is 6.94. The van der Waals surface area contributed by atoms with E-state index < -0.39 is 23.4 Å². The van der Waals surface area contributed by atoms with Crippen LogP contribution in [0.1, 0.15) is 15.9 Å². The molecule has 2 nitrogen and oxygen atoms in total. The highest BCUT2D eigenvalue weighted by Gasteiger charge is 2.12. The van der Waals surface area contributed by atoms with Gasteiger partial charge in [-0.3, -0.25) is 0 Å². The lowest BCUT2D eigenvalue weighted by molar-refractivity contribution is 0.0595. The highest BCUT2D eigenvalue weighted by molar-refractivity contribution is 7.98. The summed E-state index contributed by atoms with van der Waals surface area (Å²) in [6.45, 7) is 0. The lowest BCUT2D eigenvalue weighted by Gasteiger charge is -2.06. The number of thioether (sulfide) groups is 1. The summed E-state index contributed by atoms with van der Waals surface area (Å²) in [6, 6.07) is 7.35. The van der Waals surface area contributed by atoms with Gasteiger partial charge in [-0.05, 0) is 29.8 Å². The number of methoxy groups -OCH3 is 1. The molecular formula is C15H11F3O2S. The molecule has 0 fully saturated rings. The zero-order valence-electron chi connectivity index (χ0n) is 11.0. The molecule has 0 unspecified atom stereocenters. The van der Waals surface area contributed by atoms with Crippen LogP contribution in [0.15, 0.2) is 41.3 Å². The second kappa shape index (κ2) is 6.67. The van der Waals surface area contributed by atoms with Crippen LogP contribution < -0.4 is 0 Å². The summed E-state index contributed by atoms with van der Waals surface area (Å²) in [5, 5.41) is 0. The Balaban J connectivity index is 2.10. The van der Waals surface area contributed by atoms with E-state index in [0.717, 1.165) is 23.9 Å². The summed E-state index contributed by atoms with van der Waals surface area (Å²) in [5.41, 5.74) is 0.424. The second-order valence-corrected chi connectivity index (χ2v) is 5.19. The second-order valence-electron chi connectivity index (χ2n) is 4.17. The van der Waals surface area contributed by atoms with Crippen molar-refractivity contribution in [3.05, 3.63) is 65.0 Å². The molecular weight excluding hydrogens is 301 g/mol. The summed E-state index contributed by atoms with van der Waals surface area (Å²) in [7, 11) is 1.17. The monoisotopic (exact) mass is 312 g/mol. The Kier molecular flexibility index (Phi) is 4.90. The fourth-order valence-electron chi connectivity index (χ4n) is 1.68. The molecule has 0 bridgehead atoms. The van der Waals surface area contributed by atoms with Crippen molar-refractivity contribution in [2.45, 2.75) is 10.6 Å². The number of benzene rings is 2. The maximum atomic E-state index is 13.7. The standard InChI is InChI=1S/C15H11F3O2S/c1-20-15(19)11-4-2-9(6-12(11)17)8-21-14-5-3-10(16)7-13(14)18/h2-7H,8H2,1H3. The number of rotatable bonds is 4. The molecule has 2 aromatic carbocycles. The number of hydrogen-bond donors (Lipinski definition) is 0. The van der Waals surface area contributed by atoms with E-state index in [4.69, 9.17) is 0 Å². The number of halogens is 3. The maximum absolute atomic E-state index is 13.7. The minimum atomic E-state index is -0.753. The normalized spacial score (nSPS) is 10.5. The van der Waals surface area contributed by atoms with E-state index in [1.807, 2.05) is 0 Å². The van der Waals surface area contributed by atoms with Gasteiger partial charge in [0.2, 0.25) is 0 Å². The Morgan fingerprint density at radius 3 is 2.48 bits per heavy atom. The third kappa shape index (κ3) is 3.78. The lowest BCUT2D eigenvalue weighted by Crippen LogP contribution is -2.04. The van der Waals surface area contributed by atoms with E-state index in [0.29, 0.717) is 11.3 Å². The quantitative estimate of drug-likeness (QED) is 0.626.